The number of nitrogens with zero attached hydrogens (tertiary/aromatic N) is 1. The van der Waals surface area contributed by atoms with Gasteiger partial charge in [-0.1, -0.05) is 19.1 Å². The molecule has 1 aliphatic carbocycles. The lowest BCUT2D eigenvalue weighted by atomic mass is 9.72. The highest BCUT2D eigenvalue weighted by atomic mass is 19.4. The lowest BCUT2D eigenvalue weighted by molar-refractivity contribution is -0.149. The Morgan fingerprint density at radius 3 is 2.67 bits per heavy atom. The lowest BCUT2D eigenvalue weighted by Crippen LogP contribution is -2.31. The molecular formula is C15H16F3NO2. The second-order valence-corrected chi connectivity index (χ2v) is 5.27. The van der Waals surface area contributed by atoms with Crippen molar-refractivity contribution in [2.45, 2.75) is 38.8 Å². The maximum Gasteiger partial charge on any atom is 0.433 e. The second kappa shape index (κ2) is 5.50. The van der Waals surface area contributed by atoms with Crippen LogP contribution in [0.25, 0.3) is 5.57 Å². The molecule has 0 fully saturated rings. The minimum atomic E-state index is -4.51. The molecule has 0 saturated heterocycles. The molecule has 114 valence electrons. The summed E-state index contributed by atoms with van der Waals surface area (Å²) < 4.78 is 38.9. The number of carbonyl (C=O) groups is 1. The summed E-state index contributed by atoms with van der Waals surface area (Å²) in [5.74, 6) is -0.887. The van der Waals surface area contributed by atoms with Gasteiger partial charge in [0.1, 0.15) is 0 Å². The van der Waals surface area contributed by atoms with E-state index in [1.807, 2.05) is 0 Å². The number of pyridine rings is 1. The van der Waals surface area contributed by atoms with Gasteiger partial charge in [0, 0.05) is 11.8 Å². The third-order valence-electron chi connectivity index (χ3n) is 4.16. The highest BCUT2D eigenvalue weighted by Crippen LogP contribution is 2.43. The first-order valence-electron chi connectivity index (χ1n) is 6.75. The molecule has 0 spiro atoms. The molecule has 21 heavy (non-hydrogen) atoms. The van der Waals surface area contributed by atoms with Crippen LogP contribution in [0, 0.1) is 5.41 Å². The van der Waals surface area contributed by atoms with Gasteiger partial charge in [0.2, 0.25) is 0 Å². The smallest absolute Gasteiger partial charge is 0.433 e. The summed E-state index contributed by atoms with van der Waals surface area (Å²) in [6, 6.07) is 2.85. The molecule has 1 aromatic heterocycles. The molecule has 0 aromatic carbocycles. The molecule has 6 heteroatoms. The zero-order chi connectivity index (χ0) is 15.7. The van der Waals surface area contributed by atoms with E-state index in [1.54, 1.807) is 13.0 Å². The Kier molecular flexibility index (Phi) is 4.07. The van der Waals surface area contributed by atoms with E-state index in [0.29, 0.717) is 24.8 Å². The van der Waals surface area contributed by atoms with Gasteiger partial charge in [-0.25, -0.2) is 0 Å². The van der Waals surface area contributed by atoms with Crippen molar-refractivity contribution in [1.29, 1.82) is 0 Å². The zero-order valence-corrected chi connectivity index (χ0v) is 11.6. The van der Waals surface area contributed by atoms with Crippen molar-refractivity contribution >= 4 is 11.5 Å². The molecule has 2 rings (SSSR count). The number of aromatic nitrogens is 1. The van der Waals surface area contributed by atoms with Gasteiger partial charge in [-0.2, -0.15) is 13.2 Å². The van der Waals surface area contributed by atoms with Crippen LogP contribution in [0.2, 0.25) is 0 Å². The Morgan fingerprint density at radius 1 is 1.48 bits per heavy atom. The summed E-state index contributed by atoms with van der Waals surface area (Å²) in [5, 5.41) is 9.31. The van der Waals surface area contributed by atoms with Crippen LogP contribution < -0.4 is 0 Å². The lowest BCUT2D eigenvalue weighted by Gasteiger charge is -2.31. The fourth-order valence-electron chi connectivity index (χ4n) is 2.70. The summed E-state index contributed by atoms with van der Waals surface area (Å²) in [6.45, 7) is 1.79. The van der Waals surface area contributed by atoms with Crippen molar-refractivity contribution < 1.29 is 23.1 Å². The molecule has 1 N–H and O–H groups in total. The molecule has 3 nitrogen and oxygen atoms in total. The molecule has 1 aliphatic rings. The van der Waals surface area contributed by atoms with Gasteiger partial charge in [-0.15, -0.1) is 0 Å². The van der Waals surface area contributed by atoms with E-state index in [9.17, 15) is 23.1 Å². The number of hydrogen-bond donors (Lipinski definition) is 1. The van der Waals surface area contributed by atoms with Crippen molar-refractivity contribution in [2.75, 3.05) is 0 Å². The summed E-state index contributed by atoms with van der Waals surface area (Å²) in [6.07, 6.45) is -0.405. The van der Waals surface area contributed by atoms with Crippen LogP contribution in [-0.2, 0) is 11.0 Å². The first-order chi connectivity index (χ1) is 9.80. The molecular weight excluding hydrogens is 283 g/mol. The van der Waals surface area contributed by atoms with Crippen molar-refractivity contribution in [3.8, 4) is 0 Å². The molecule has 0 bridgehead atoms. The Hall–Kier alpha value is -1.85. The zero-order valence-electron chi connectivity index (χ0n) is 11.6. The summed E-state index contributed by atoms with van der Waals surface area (Å²) in [7, 11) is 0. The molecule has 0 radical (unpaired) electrons. The van der Waals surface area contributed by atoms with Crippen LogP contribution in [0.4, 0.5) is 13.2 Å². The standard InChI is InChI=1S/C15H16F3NO2/c1-2-14(13(20)21)7-5-10(6-8-14)11-4-3-9-19-12(11)15(16,17)18/h3-5,9H,2,6-8H2,1H3,(H,20,21). The second-order valence-electron chi connectivity index (χ2n) is 5.27. The third kappa shape index (κ3) is 2.94. The van der Waals surface area contributed by atoms with E-state index in [-0.39, 0.29) is 12.0 Å². The first kappa shape index (κ1) is 15.5. The first-order valence-corrected chi connectivity index (χ1v) is 6.75. The Balaban J connectivity index is 2.36. The van der Waals surface area contributed by atoms with Gasteiger partial charge in [0.15, 0.2) is 5.69 Å². The Morgan fingerprint density at radius 2 is 2.19 bits per heavy atom. The van der Waals surface area contributed by atoms with E-state index in [0.717, 1.165) is 6.20 Å². The quantitative estimate of drug-likeness (QED) is 0.912. The van der Waals surface area contributed by atoms with Crippen molar-refractivity contribution in [3.05, 3.63) is 35.7 Å². The highest BCUT2D eigenvalue weighted by Gasteiger charge is 2.40. The minimum Gasteiger partial charge on any atom is -0.481 e. The normalized spacial score (nSPS) is 22.8. The molecule has 1 unspecified atom stereocenters. The van der Waals surface area contributed by atoms with Crippen LogP contribution in [0.3, 0.4) is 0 Å². The summed E-state index contributed by atoms with van der Waals surface area (Å²) in [5.41, 5.74) is -1.18. The number of carboxylic acid groups (broad SMARTS) is 1. The molecule has 0 aliphatic heterocycles. The number of carboxylic acids is 1. The van der Waals surface area contributed by atoms with Crippen LogP contribution >= 0.6 is 0 Å². The van der Waals surface area contributed by atoms with E-state index in [2.05, 4.69) is 4.98 Å². The van der Waals surface area contributed by atoms with Gasteiger partial charge in [0.25, 0.3) is 0 Å². The number of alkyl halides is 3. The molecule has 1 heterocycles. The van der Waals surface area contributed by atoms with Gasteiger partial charge in [-0.05, 0) is 37.3 Å². The SMILES string of the molecule is CCC1(C(=O)O)CC=C(c2cccnc2C(F)(F)F)CC1. The van der Waals surface area contributed by atoms with Gasteiger partial charge in [-0.3, -0.25) is 9.78 Å². The highest BCUT2D eigenvalue weighted by molar-refractivity contribution is 5.78. The van der Waals surface area contributed by atoms with Crippen molar-refractivity contribution in [1.82, 2.24) is 4.98 Å². The fourth-order valence-corrected chi connectivity index (χ4v) is 2.70. The van der Waals surface area contributed by atoms with Crippen LogP contribution in [0.15, 0.2) is 24.4 Å². The predicted octanol–water partition coefficient (Wildman–Crippen LogP) is 4.15. The van der Waals surface area contributed by atoms with Crippen molar-refractivity contribution in [3.63, 3.8) is 0 Å². The average Bonchev–Trinajstić information content (AvgIpc) is 2.46. The maximum atomic E-state index is 13.0. The number of hydrogen-bond acceptors (Lipinski definition) is 2. The van der Waals surface area contributed by atoms with Crippen LogP contribution in [0.5, 0.6) is 0 Å². The maximum absolute atomic E-state index is 13.0. The van der Waals surface area contributed by atoms with Crippen LogP contribution in [-0.4, -0.2) is 16.1 Å². The van der Waals surface area contributed by atoms with E-state index < -0.39 is 23.3 Å². The molecule has 1 atom stereocenters. The number of aliphatic carboxylic acids is 1. The monoisotopic (exact) mass is 299 g/mol. The Bertz CT molecular complexity index is 581. The molecule has 0 saturated carbocycles. The Labute approximate surface area is 120 Å². The largest absolute Gasteiger partial charge is 0.481 e. The van der Waals surface area contributed by atoms with Crippen LogP contribution in [0.1, 0.15) is 43.9 Å². The van der Waals surface area contributed by atoms with E-state index in [4.69, 9.17) is 0 Å². The van der Waals surface area contributed by atoms with E-state index >= 15 is 0 Å². The molecule has 1 aromatic rings. The number of allylic oxidation sites excluding steroid dienone is 2. The third-order valence-corrected chi connectivity index (χ3v) is 4.16. The van der Waals surface area contributed by atoms with E-state index in [1.165, 1.54) is 12.1 Å². The summed E-state index contributed by atoms with van der Waals surface area (Å²) >= 11 is 0. The van der Waals surface area contributed by atoms with Gasteiger partial charge in [0.05, 0.1) is 5.41 Å². The van der Waals surface area contributed by atoms with Gasteiger partial charge >= 0.3 is 12.1 Å². The molecule has 0 amide bonds. The summed E-state index contributed by atoms with van der Waals surface area (Å²) in [4.78, 5) is 14.8. The number of halogens is 3. The van der Waals surface area contributed by atoms with Crippen molar-refractivity contribution in [2.24, 2.45) is 5.41 Å². The van der Waals surface area contributed by atoms with Gasteiger partial charge < -0.3 is 5.11 Å². The topological polar surface area (TPSA) is 50.2 Å². The predicted molar refractivity (Wildman–Crippen MR) is 71.4 cm³/mol. The fraction of sp³-hybridized carbons (Fsp3) is 0.467. The minimum absolute atomic E-state index is 0.0556. The average molecular weight is 299 g/mol. The number of rotatable bonds is 3.